The van der Waals surface area contributed by atoms with Gasteiger partial charge in [-0.2, -0.15) is 0 Å². The largest absolute Gasteiger partial charge is 0.345 e. The molecule has 0 bridgehead atoms. The van der Waals surface area contributed by atoms with Gasteiger partial charge in [-0.05, 0) is 0 Å². The van der Waals surface area contributed by atoms with Crippen LogP contribution in [0.2, 0.25) is 0 Å². The Morgan fingerprint density at radius 3 is 1.15 bits per heavy atom. The fraction of sp³-hybridized carbons (Fsp3) is 0.875. The number of amidine groups is 1. The summed E-state index contributed by atoms with van der Waals surface area (Å²) in [5.74, 6) is -0.614. The maximum Gasteiger partial charge on any atom is 0.247 e. The summed E-state index contributed by atoms with van der Waals surface area (Å²) >= 11 is 89.5. The van der Waals surface area contributed by atoms with Crippen LogP contribution in [-0.2, 0) is 0 Å². The number of hydrogen-bond acceptors (Lipinski definition) is 3. The third-order valence-corrected chi connectivity index (χ3v) is 6.77. The normalized spacial score (nSPS) is 21.9. The molecule has 18 heteroatoms. The predicted octanol–water partition coefficient (Wildman–Crippen LogP) is 7.82. The molecule has 1 rings (SSSR count). The van der Waals surface area contributed by atoms with E-state index in [2.05, 4.69) is 15.6 Å². The first kappa shape index (κ1) is 27.8. The minimum atomic E-state index is -2.56. The van der Waals surface area contributed by atoms with Gasteiger partial charge in [0, 0.05) is 0 Å². The standard InChI is InChI=1S/C8H2Cl15N3/c9-2(10,11)1-24-3(5(12,13)14,6(15,16)17)26-4(25-1,7(18,19)20)8(21,22)23/h26H,(H,24,25). The highest BCUT2D eigenvalue weighted by Crippen LogP contribution is 2.59. The molecule has 154 valence electrons. The van der Waals surface area contributed by atoms with E-state index in [0.29, 0.717) is 0 Å². The first-order valence-electron chi connectivity index (χ1n) is 5.53. The minimum absolute atomic E-state index is 0.614. The summed E-state index contributed by atoms with van der Waals surface area (Å²) in [6.45, 7) is 0. The van der Waals surface area contributed by atoms with E-state index in [-0.39, 0.29) is 0 Å². The first-order chi connectivity index (χ1) is 11.0. The number of alkyl halides is 15. The lowest BCUT2D eigenvalue weighted by molar-refractivity contribution is 0.178. The summed E-state index contributed by atoms with van der Waals surface area (Å²) in [7, 11) is 0. The molecule has 2 N–H and O–H groups in total. The van der Waals surface area contributed by atoms with Gasteiger partial charge in [-0.3, -0.25) is 5.32 Å². The predicted molar refractivity (Wildman–Crippen MR) is 121 cm³/mol. The molecule has 3 nitrogen and oxygen atoms in total. The number of rotatable bonds is 0. The van der Waals surface area contributed by atoms with Gasteiger partial charge in [-0.25, -0.2) is 4.99 Å². The third kappa shape index (κ3) is 5.22. The Morgan fingerprint density at radius 2 is 0.923 bits per heavy atom. The van der Waals surface area contributed by atoms with Crippen LogP contribution in [0.1, 0.15) is 0 Å². The van der Waals surface area contributed by atoms with Crippen LogP contribution in [0.3, 0.4) is 0 Å². The molecule has 0 radical (unpaired) electrons. The van der Waals surface area contributed by atoms with E-state index in [1.54, 1.807) is 0 Å². The van der Waals surface area contributed by atoms with Crippen molar-refractivity contribution in [3.05, 3.63) is 0 Å². The monoisotopic (exact) mass is 665 g/mol. The van der Waals surface area contributed by atoms with Gasteiger partial charge < -0.3 is 5.32 Å². The van der Waals surface area contributed by atoms with E-state index >= 15 is 0 Å². The second-order valence-corrected chi connectivity index (χ2v) is 16.1. The third-order valence-electron chi connectivity index (χ3n) is 2.89. The molecule has 1 aliphatic heterocycles. The highest BCUT2D eigenvalue weighted by Gasteiger charge is 2.74. The second kappa shape index (κ2) is 8.28. The summed E-state index contributed by atoms with van der Waals surface area (Å²) in [6, 6.07) is 0. The van der Waals surface area contributed by atoms with Crippen molar-refractivity contribution >= 4 is 180 Å². The van der Waals surface area contributed by atoms with Gasteiger partial charge in [0.05, 0.1) is 0 Å². The first-order valence-corrected chi connectivity index (χ1v) is 11.2. The highest BCUT2D eigenvalue weighted by atomic mass is 35.6. The topological polar surface area (TPSA) is 36.4 Å². The van der Waals surface area contributed by atoms with Crippen LogP contribution in [0.5, 0.6) is 0 Å². The molecule has 0 spiro atoms. The van der Waals surface area contributed by atoms with E-state index in [9.17, 15) is 0 Å². The fourth-order valence-electron chi connectivity index (χ4n) is 1.71. The van der Waals surface area contributed by atoms with Gasteiger partial charge in [0.2, 0.25) is 24.6 Å². The number of nitrogens with zero attached hydrogens (tertiary/aromatic N) is 1. The number of aliphatic imine (C=N–C) groups is 1. The van der Waals surface area contributed by atoms with Crippen molar-refractivity contribution in [2.45, 2.75) is 30.3 Å². The zero-order chi connectivity index (χ0) is 21.2. The van der Waals surface area contributed by atoms with E-state index in [4.69, 9.17) is 174 Å². The van der Waals surface area contributed by atoms with Crippen molar-refractivity contribution in [2.75, 3.05) is 0 Å². The van der Waals surface area contributed by atoms with Crippen LogP contribution in [0.25, 0.3) is 0 Å². The average Bonchev–Trinajstić information content (AvgIpc) is 2.31. The Kier molecular flexibility index (Phi) is 8.86. The van der Waals surface area contributed by atoms with Crippen molar-refractivity contribution in [1.82, 2.24) is 10.6 Å². The van der Waals surface area contributed by atoms with Crippen molar-refractivity contribution in [2.24, 2.45) is 4.99 Å². The van der Waals surface area contributed by atoms with Crippen molar-refractivity contribution < 1.29 is 0 Å². The Balaban J connectivity index is 4.00. The molecule has 1 heterocycles. The minimum Gasteiger partial charge on any atom is -0.345 e. The smallest absolute Gasteiger partial charge is 0.247 e. The molecule has 0 atom stereocenters. The summed E-state index contributed by atoms with van der Waals surface area (Å²) < 4.78 is -12.5. The molecular weight excluding hydrogens is 670 g/mol. The fourth-order valence-corrected chi connectivity index (χ4v) is 5.66. The van der Waals surface area contributed by atoms with Crippen LogP contribution < -0.4 is 10.6 Å². The van der Waals surface area contributed by atoms with Gasteiger partial charge >= 0.3 is 0 Å². The van der Waals surface area contributed by atoms with Gasteiger partial charge in [0.25, 0.3) is 0 Å². The second-order valence-electron chi connectivity index (χ2n) is 4.66. The zero-order valence-electron chi connectivity index (χ0n) is 11.1. The van der Waals surface area contributed by atoms with E-state index < -0.39 is 36.1 Å². The molecule has 0 aliphatic carbocycles. The molecule has 0 saturated carbocycles. The molecule has 0 unspecified atom stereocenters. The zero-order valence-corrected chi connectivity index (χ0v) is 22.5. The van der Waals surface area contributed by atoms with Crippen LogP contribution in [-0.4, -0.2) is 36.1 Å². The molecule has 0 aromatic heterocycles. The van der Waals surface area contributed by atoms with E-state index in [1.165, 1.54) is 0 Å². The van der Waals surface area contributed by atoms with Crippen LogP contribution >= 0.6 is 174 Å². The Bertz CT molecular complexity index is 542. The maximum absolute atomic E-state index is 6.01. The Hall–Kier alpha value is 3.78. The molecule has 0 amide bonds. The molecule has 0 aromatic carbocycles. The van der Waals surface area contributed by atoms with Crippen LogP contribution in [0.4, 0.5) is 0 Å². The molecule has 0 saturated heterocycles. The average molecular weight is 672 g/mol. The van der Waals surface area contributed by atoms with Gasteiger partial charge in [-0.15, -0.1) is 0 Å². The molecule has 0 fully saturated rings. The van der Waals surface area contributed by atoms with Gasteiger partial charge in [0.1, 0.15) is 0 Å². The molecule has 1 aliphatic rings. The maximum atomic E-state index is 6.01. The van der Waals surface area contributed by atoms with Gasteiger partial charge in [0.15, 0.2) is 11.5 Å². The van der Waals surface area contributed by atoms with Crippen LogP contribution in [0.15, 0.2) is 4.99 Å². The molecular formula is C8H2Cl15N3. The lowest BCUT2D eigenvalue weighted by Crippen LogP contribution is -2.85. The molecule has 26 heavy (non-hydrogen) atoms. The van der Waals surface area contributed by atoms with E-state index in [1.807, 2.05) is 0 Å². The lowest BCUT2D eigenvalue weighted by atomic mass is 10.1. The Labute approximate surface area is 223 Å². The molecule has 0 aromatic rings. The number of nitrogens with one attached hydrogen (secondary N) is 2. The summed E-state index contributed by atoms with van der Waals surface area (Å²) in [5, 5.41) is 4.77. The van der Waals surface area contributed by atoms with Crippen molar-refractivity contribution in [3.8, 4) is 0 Å². The van der Waals surface area contributed by atoms with Crippen molar-refractivity contribution in [3.63, 3.8) is 0 Å². The number of hydrogen-bond donors (Lipinski definition) is 2. The summed E-state index contributed by atoms with van der Waals surface area (Å²) in [5.41, 5.74) is -5.03. The Morgan fingerprint density at radius 1 is 0.577 bits per heavy atom. The van der Waals surface area contributed by atoms with Crippen LogP contribution in [0, 0.1) is 0 Å². The quantitative estimate of drug-likeness (QED) is 0.258. The SMILES string of the molecule is ClC(Cl)(Cl)C1=NC(C(Cl)(Cl)Cl)(C(Cl)(Cl)Cl)NC(C(Cl)(Cl)Cl)(C(Cl)(Cl)Cl)N1. The van der Waals surface area contributed by atoms with Crippen molar-refractivity contribution in [1.29, 1.82) is 0 Å². The number of halogens is 15. The summed E-state index contributed by atoms with van der Waals surface area (Å²) in [6.07, 6.45) is 0. The van der Waals surface area contributed by atoms with Gasteiger partial charge in [-0.1, -0.05) is 174 Å². The lowest BCUT2D eigenvalue weighted by Gasteiger charge is -2.56. The summed E-state index contributed by atoms with van der Waals surface area (Å²) in [4.78, 5) is 3.90. The highest BCUT2D eigenvalue weighted by molar-refractivity contribution is 6.78. The van der Waals surface area contributed by atoms with E-state index in [0.717, 1.165) is 0 Å².